The Kier molecular flexibility index (Phi) is 4.75. The van der Waals surface area contributed by atoms with E-state index in [-0.39, 0.29) is 11.6 Å². The highest BCUT2D eigenvalue weighted by Gasteiger charge is 2.16. The summed E-state index contributed by atoms with van der Waals surface area (Å²) in [5.74, 6) is -0.238. The number of ether oxygens (including phenoxy) is 1. The summed E-state index contributed by atoms with van der Waals surface area (Å²) in [6.45, 7) is 0.886. The van der Waals surface area contributed by atoms with Gasteiger partial charge in [-0.1, -0.05) is 11.2 Å². The Morgan fingerprint density at radius 3 is 2.95 bits per heavy atom. The van der Waals surface area contributed by atoms with Crippen molar-refractivity contribution in [1.82, 2.24) is 20.4 Å². The molecular weight excluding hydrogens is 286 g/mol. The van der Waals surface area contributed by atoms with Gasteiger partial charge in [0.25, 0.3) is 12.3 Å². The van der Waals surface area contributed by atoms with Crippen LogP contribution in [0.25, 0.3) is 0 Å². The summed E-state index contributed by atoms with van der Waals surface area (Å²) in [6, 6.07) is 3.83. The molecule has 1 unspecified atom stereocenters. The Morgan fingerprint density at radius 1 is 1.48 bits per heavy atom. The number of nitrogens with zero attached hydrogens (tertiary/aromatic N) is 3. The summed E-state index contributed by atoms with van der Waals surface area (Å²) < 4.78 is 33.4. The van der Waals surface area contributed by atoms with E-state index in [9.17, 15) is 13.6 Å². The topological polar surface area (TPSA) is 90.1 Å². The number of alkyl halides is 2. The van der Waals surface area contributed by atoms with E-state index in [0.717, 1.165) is 6.39 Å². The summed E-state index contributed by atoms with van der Waals surface area (Å²) in [4.78, 5) is 19.6. The second-order valence-corrected chi connectivity index (χ2v) is 4.05. The number of pyridine rings is 1. The first-order valence-corrected chi connectivity index (χ1v) is 6.01. The van der Waals surface area contributed by atoms with Gasteiger partial charge in [0.05, 0.1) is 6.04 Å². The first kappa shape index (κ1) is 14.8. The molecule has 2 aromatic rings. The van der Waals surface area contributed by atoms with Gasteiger partial charge in [0.1, 0.15) is 5.69 Å². The fourth-order valence-corrected chi connectivity index (χ4v) is 1.47. The number of rotatable bonds is 6. The Morgan fingerprint density at radius 2 is 2.29 bits per heavy atom. The summed E-state index contributed by atoms with van der Waals surface area (Å²) >= 11 is 0. The van der Waals surface area contributed by atoms with Crippen LogP contribution in [0, 0.1) is 0 Å². The van der Waals surface area contributed by atoms with Crippen molar-refractivity contribution < 1.29 is 22.8 Å². The third-order valence-corrected chi connectivity index (χ3v) is 2.43. The van der Waals surface area contributed by atoms with E-state index < -0.39 is 25.0 Å². The van der Waals surface area contributed by atoms with Gasteiger partial charge in [0.2, 0.25) is 12.3 Å². The van der Waals surface area contributed by atoms with Crippen LogP contribution in [0.1, 0.15) is 29.3 Å². The number of hydrogen-bond donors (Lipinski definition) is 1. The quantitative estimate of drug-likeness (QED) is 0.871. The number of carbonyl (C=O) groups excluding carboxylic acids is 1. The van der Waals surface area contributed by atoms with Gasteiger partial charge in [-0.3, -0.25) is 4.79 Å². The van der Waals surface area contributed by atoms with Crippen molar-refractivity contribution in [2.75, 3.05) is 6.61 Å². The van der Waals surface area contributed by atoms with Gasteiger partial charge < -0.3 is 14.6 Å². The molecule has 0 saturated carbocycles. The third-order valence-electron chi connectivity index (χ3n) is 2.43. The highest BCUT2D eigenvalue weighted by atomic mass is 19.3. The smallest absolute Gasteiger partial charge is 0.272 e. The van der Waals surface area contributed by atoms with Crippen LogP contribution in [-0.4, -0.2) is 34.1 Å². The second kappa shape index (κ2) is 6.73. The number of hydrogen-bond acceptors (Lipinski definition) is 6. The molecule has 21 heavy (non-hydrogen) atoms. The van der Waals surface area contributed by atoms with E-state index in [0.29, 0.717) is 5.82 Å². The van der Waals surface area contributed by atoms with Crippen LogP contribution in [0.2, 0.25) is 0 Å². The SMILES string of the molecule is CC(NC(=O)c1cccc(OCC(F)F)n1)c1ncon1. The maximum atomic E-state index is 12.1. The van der Waals surface area contributed by atoms with Crippen molar-refractivity contribution in [3.8, 4) is 5.88 Å². The minimum Gasteiger partial charge on any atom is -0.472 e. The van der Waals surface area contributed by atoms with Crippen LogP contribution < -0.4 is 10.1 Å². The van der Waals surface area contributed by atoms with Gasteiger partial charge in [-0.25, -0.2) is 13.8 Å². The molecule has 0 aliphatic carbocycles. The van der Waals surface area contributed by atoms with E-state index in [2.05, 4.69) is 25.0 Å². The van der Waals surface area contributed by atoms with Gasteiger partial charge in [-0.05, 0) is 13.0 Å². The highest BCUT2D eigenvalue weighted by Crippen LogP contribution is 2.11. The average Bonchev–Trinajstić information content (AvgIpc) is 2.99. The summed E-state index contributed by atoms with van der Waals surface area (Å²) in [5, 5.41) is 6.20. The zero-order chi connectivity index (χ0) is 15.2. The molecular formula is C12H12F2N4O3. The van der Waals surface area contributed by atoms with Gasteiger partial charge in [-0.15, -0.1) is 0 Å². The molecule has 2 heterocycles. The van der Waals surface area contributed by atoms with E-state index in [4.69, 9.17) is 4.74 Å². The molecule has 112 valence electrons. The molecule has 1 atom stereocenters. The number of halogens is 2. The number of amides is 1. The van der Waals surface area contributed by atoms with E-state index >= 15 is 0 Å². The summed E-state index contributed by atoms with van der Waals surface area (Å²) in [7, 11) is 0. The Bertz CT molecular complexity index is 592. The van der Waals surface area contributed by atoms with E-state index in [1.165, 1.54) is 18.2 Å². The van der Waals surface area contributed by atoms with Crippen LogP contribution >= 0.6 is 0 Å². The molecule has 0 aliphatic heterocycles. The fourth-order valence-electron chi connectivity index (χ4n) is 1.47. The highest BCUT2D eigenvalue weighted by molar-refractivity contribution is 5.92. The molecule has 0 bridgehead atoms. The maximum Gasteiger partial charge on any atom is 0.272 e. The first-order chi connectivity index (χ1) is 10.1. The molecule has 7 nitrogen and oxygen atoms in total. The van der Waals surface area contributed by atoms with Crippen molar-refractivity contribution in [2.45, 2.75) is 19.4 Å². The predicted molar refractivity (Wildman–Crippen MR) is 65.9 cm³/mol. The molecule has 9 heteroatoms. The van der Waals surface area contributed by atoms with E-state index in [1.807, 2.05) is 0 Å². The van der Waals surface area contributed by atoms with Crippen molar-refractivity contribution in [1.29, 1.82) is 0 Å². The van der Waals surface area contributed by atoms with Gasteiger partial charge in [0, 0.05) is 6.07 Å². The number of aromatic nitrogens is 3. The summed E-state index contributed by atoms with van der Waals surface area (Å²) in [6.07, 6.45) is -1.46. The van der Waals surface area contributed by atoms with Crippen LogP contribution in [0.4, 0.5) is 8.78 Å². The van der Waals surface area contributed by atoms with Crippen molar-refractivity contribution >= 4 is 5.91 Å². The lowest BCUT2D eigenvalue weighted by Crippen LogP contribution is -2.28. The predicted octanol–water partition coefficient (Wildman–Crippen LogP) is 1.60. The molecule has 0 aromatic carbocycles. The van der Waals surface area contributed by atoms with Crippen molar-refractivity contribution in [3.63, 3.8) is 0 Å². The molecule has 2 rings (SSSR count). The third kappa shape index (κ3) is 4.20. The molecule has 0 radical (unpaired) electrons. The molecule has 2 aromatic heterocycles. The maximum absolute atomic E-state index is 12.1. The summed E-state index contributed by atoms with van der Waals surface area (Å²) in [5.41, 5.74) is 0.0390. The number of carbonyl (C=O) groups is 1. The van der Waals surface area contributed by atoms with Gasteiger partial charge >= 0.3 is 0 Å². The largest absolute Gasteiger partial charge is 0.472 e. The standard InChI is InChI=1S/C12H12F2N4O3/c1-7(11-15-6-21-18-11)16-12(19)8-3-2-4-10(17-8)20-5-9(13)14/h2-4,6-7,9H,5H2,1H3,(H,16,19). The lowest BCUT2D eigenvalue weighted by Gasteiger charge is -2.10. The zero-order valence-corrected chi connectivity index (χ0v) is 11.0. The Balaban J connectivity index is 2.00. The van der Waals surface area contributed by atoms with Crippen LogP contribution in [-0.2, 0) is 0 Å². The van der Waals surface area contributed by atoms with Crippen molar-refractivity contribution in [3.05, 3.63) is 36.1 Å². The van der Waals surface area contributed by atoms with Gasteiger partial charge in [-0.2, -0.15) is 4.98 Å². The number of nitrogens with one attached hydrogen (secondary N) is 1. The molecule has 1 N–H and O–H groups in total. The fraction of sp³-hybridized carbons (Fsp3) is 0.333. The lowest BCUT2D eigenvalue weighted by molar-refractivity contribution is 0.0792. The minimum atomic E-state index is -2.61. The average molecular weight is 298 g/mol. The van der Waals surface area contributed by atoms with Crippen molar-refractivity contribution in [2.24, 2.45) is 0 Å². The molecule has 0 saturated heterocycles. The van der Waals surface area contributed by atoms with E-state index in [1.54, 1.807) is 6.92 Å². The second-order valence-electron chi connectivity index (χ2n) is 4.05. The Hall–Kier alpha value is -2.58. The van der Waals surface area contributed by atoms with Crippen LogP contribution in [0.5, 0.6) is 5.88 Å². The Labute approximate surface area is 118 Å². The molecule has 0 fully saturated rings. The zero-order valence-electron chi connectivity index (χ0n) is 11.0. The molecule has 0 spiro atoms. The molecule has 0 aliphatic rings. The first-order valence-electron chi connectivity index (χ1n) is 6.01. The van der Waals surface area contributed by atoms with Crippen LogP contribution in [0.15, 0.2) is 29.1 Å². The van der Waals surface area contributed by atoms with Gasteiger partial charge in [0.15, 0.2) is 12.4 Å². The monoisotopic (exact) mass is 298 g/mol. The normalized spacial score (nSPS) is 12.2. The minimum absolute atomic E-state index is 0.0390. The van der Waals surface area contributed by atoms with Crippen LogP contribution in [0.3, 0.4) is 0 Å². The lowest BCUT2D eigenvalue weighted by atomic mass is 10.3. The molecule has 1 amide bonds.